The predicted molar refractivity (Wildman–Crippen MR) is 83.7 cm³/mol. The van der Waals surface area contributed by atoms with Gasteiger partial charge in [-0.05, 0) is 30.4 Å². The van der Waals surface area contributed by atoms with E-state index in [4.69, 9.17) is 0 Å². The number of carbonyl (C=O) groups is 1. The van der Waals surface area contributed by atoms with Gasteiger partial charge in [0.1, 0.15) is 0 Å². The molecule has 3 rings (SSSR count). The lowest BCUT2D eigenvalue weighted by atomic mass is 10.2. The third kappa shape index (κ3) is 2.95. The molecule has 0 aliphatic heterocycles. The van der Waals surface area contributed by atoms with Crippen LogP contribution in [0.2, 0.25) is 0 Å². The van der Waals surface area contributed by atoms with Crippen LogP contribution in [0.15, 0.2) is 33.9 Å². The van der Waals surface area contributed by atoms with Crippen molar-refractivity contribution in [3.05, 3.63) is 45.0 Å². The normalized spacial score (nSPS) is 20.0. The van der Waals surface area contributed by atoms with Gasteiger partial charge in [-0.25, -0.2) is 4.68 Å². The van der Waals surface area contributed by atoms with E-state index in [9.17, 15) is 14.4 Å². The number of rotatable bonds is 5. The number of aromatic nitrogens is 2. The van der Waals surface area contributed by atoms with Crippen molar-refractivity contribution < 1.29 is 4.79 Å². The Hall–Kier alpha value is -2.37. The fraction of sp³-hybridized carbons (Fsp3) is 0.438. The fourth-order valence-corrected chi connectivity index (χ4v) is 2.63. The molecule has 22 heavy (non-hydrogen) atoms. The number of benzene rings is 1. The lowest BCUT2D eigenvalue weighted by Crippen LogP contribution is -2.33. The van der Waals surface area contributed by atoms with Crippen molar-refractivity contribution in [2.45, 2.75) is 26.3 Å². The summed E-state index contributed by atoms with van der Waals surface area (Å²) in [6, 6.07) is 6.67. The van der Waals surface area contributed by atoms with Gasteiger partial charge < -0.3 is 5.32 Å². The second kappa shape index (κ2) is 5.79. The number of amides is 1. The van der Waals surface area contributed by atoms with Crippen LogP contribution in [0.25, 0.3) is 10.8 Å². The Morgan fingerprint density at radius 2 is 2.00 bits per heavy atom. The maximum absolute atomic E-state index is 12.3. The Morgan fingerprint density at radius 3 is 2.68 bits per heavy atom. The number of nitrogens with zero attached hydrogens (tertiary/aromatic N) is 1. The van der Waals surface area contributed by atoms with Crippen molar-refractivity contribution in [2.24, 2.45) is 11.8 Å². The highest BCUT2D eigenvalue weighted by atomic mass is 16.2. The average Bonchev–Trinajstić information content (AvgIpc) is 3.23. The first-order valence-electron chi connectivity index (χ1n) is 7.55. The van der Waals surface area contributed by atoms with Crippen LogP contribution in [-0.4, -0.2) is 22.2 Å². The molecular formula is C16H19N3O3. The second-order valence-corrected chi connectivity index (χ2v) is 5.97. The Labute approximate surface area is 127 Å². The Balaban J connectivity index is 1.69. The second-order valence-electron chi connectivity index (χ2n) is 5.97. The minimum Gasteiger partial charge on any atom is -0.356 e. The molecule has 1 aromatic carbocycles. The molecule has 0 radical (unpaired) electrons. The van der Waals surface area contributed by atoms with E-state index in [1.165, 1.54) is 4.68 Å². The van der Waals surface area contributed by atoms with E-state index in [1.54, 1.807) is 24.3 Å². The molecule has 0 bridgehead atoms. The van der Waals surface area contributed by atoms with E-state index in [2.05, 4.69) is 17.3 Å². The molecule has 0 unspecified atom stereocenters. The number of aromatic amines is 1. The first-order valence-corrected chi connectivity index (χ1v) is 7.55. The third-order valence-electron chi connectivity index (χ3n) is 4.28. The molecule has 1 aliphatic carbocycles. The first-order chi connectivity index (χ1) is 10.6. The number of H-pyrrole nitrogens is 1. The number of fused-ring (bicyclic) bond motifs is 1. The van der Waals surface area contributed by atoms with E-state index in [0.29, 0.717) is 29.2 Å². The summed E-state index contributed by atoms with van der Waals surface area (Å²) in [6.45, 7) is 3.03. The summed E-state index contributed by atoms with van der Waals surface area (Å²) in [5.74, 6) is 1.19. The molecule has 6 nitrogen and oxygen atoms in total. The van der Waals surface area contributed by atoms with Gasteiger partial charge in [0.25, 0.3) is 11.1 Å². The molecule has 1 heterocycles. The van der Waals surface area contributed by atoms with E-state index >= 15 is 0 Å². The van der Waals surface area contributed by atoms with Crippen LogP contribution in [-0.2, 0) is 11.3 Å². The van der Waals surface area contributed by atoms with Crippen LogP contribution in [0.4, 0.5) is 0 Å². The predicted octanol–water partition coefficient (Wildman–Crippen LogP) is 0.852. The molecule has 0 saturated heterocycles. The highest BCUT2D eigenvalue weighted by Gasteiger charge is 2.32. The van der Waals surface area contributed by atoms with Gasteiger partial charge in [0.2, 0.25) is 5.91 Å². The molecule has 0 spiro atoms. The molecular weight excluding hydrogens is 282 g/mol. The summed E-state index contributed by atoms with van der Waals surface area (Å²) in [4.78, 5) is 36.0. The fourth-order valence-electron chi connectivity index (χ4n) is 2.63. The molecule has 2 N–H and O–H groups in total. The van der Waals surface area contributed by atoms with Crippen molar-refractivity contribution in [1.82, 2.24) is 15.1 Å². The van der Waals surface area contributed by atoms with Crippen molar-refractivity contribution >= 4 is 16.7 Å². The number of hydrogen-bond acceptors (Lipinski definition) is 3. The highest BCUT2D eigenvalue weighted by Crippen LogP contribution is 2.36. The van der Waals surface area contributed by atoms with Crippen LogP contribution < -0.4 is 16.4 Å². The zero-order valence-electron chi connectivity index (χ0n) is 12.5. The molecule has 2 aromatic rings. The SMILES string of the molecule is C[C@H]1C[C@H]1CNC(=O)CCn1[nH]c(=O)c2ccccc2c1=O. The zero-order chi connectivity index (χ0) is 15.7. The zero-order valence-corrected chi connectivity index (χ0v) is 12.5. The lowest BCUT2D eigenvalue weighted by Gasteiger charge is -2.08. The Kier molecular flexibility index (Phi) is 3.83. The minimum absolute atomic E-state index is 0.0972. The van der Waals surface area contributed by atoms with Gasteiger partial charge in [-0.3, -0.25) is 19.5 Å². The molecule has 116 valence electrons. The minimum atomic E-state index is -0.317. The van der Waals surface area contributed by atoms with Crippen molar-refractivity contribution in [3.63, 3.8) is 0 Å². The van der Waals surface area contributed by atoms with Gasteiger partial charge in [-0.1, -0.05) is 19.1 Å². The van der Waals surface area contributed by atoms with E-state index in [0.717, 1.165) is 6.42 Å². The average molecular weight is 301 g/mol. The van der Waals surface area contributed by atoms with E-state index < -0.39 is 0 Å². The van der Waals surface area contributed by atoms with Gasteiger partial charge in [0.05, 0.1) is 17.3 Å². The van der Waals surface area contributed by atoms with Crippen LogP contribution in [0, 0.1) is 11.8 Å². The number of hydrogen-bond donors (Lipinski definition) is 2. The summed E-state index contributed by atoms with van der Waals surface area (Å²) in [5.41, 5.74) is -0.596. The standard InChI is InChI=1S/C16H19N3O3/c1-10-8-11(10)9-17-14(20)6-7-19-16(22)13-5-3-2-4-12(13)15(21)18-19/h2-5,10-11H,6-9H2,1H3,(H,17,20)(H,18,21)/t10-,11-/m0/s1. The van der Waals surface area contributed by atoms with Gasteiger partial charge in [-0.15, -0.1) is 0 Å². The van der Waals surface area contributed by atoms with Crippen molar-refractivity contribution in [3.8, 4) is 0 Å². The first kappa shape index (κ1) is 14.6. The number of nitrogens with one attached hydrogen (secondary N) is 2. The lowest BCUT2D eigenvalue weighted by molar-refractivity contribution is -0.121. The van der Waals surface area contributed by atoms with Crippen LogP contribution in [0.1, 0.15) is 19.8 Å². The quantitative estimate of drug-likeness (QED) is 0.859. The molecule has 1 aliphatic rings. The maximum atomic E-state index is 12.3. The summed E-state index contributed by atoms with van der Waals surface area (Å²) in [6.07, 6.45) is 1.34. The van der Waals surface area contributed by atoms with Gasteiger partial charge in [0.15, 0.2) is 0 Å². The molecule has 1 aromatic heterocycles. The highest BCUT2D eigenvalue weighted by molar-refractivity contribution is 5.80. The largest absolute Gasteiger partial charge is 0.356 e. The molecule has 2 atom stereocenters. The topological polar surface area (TPSA) is 84.0 Å². The van der Waals surface area contributed by atoms with Crippen LogP contribution in [0.5, 0.6) is 0 Å². The third-order valence-corrected chi connectivity index (χ3v) is 4.28. The molecule has 1 saturated carbocycles. The van der Waals surface area contributed by atoms with Gasteiger partial charge in [0, 0.05) is 13.0 Å². The van der Waals surface area contributed by atoms with Crippen molar-refractivity contribution in [1.29, 1.82) is 0 Å². The smallest absolute Gasteiger partial charge is 0.273 e. The molecule has 6 heteroatoms. The van der Waals surface area contributed by atoms with E-state index in [-0.39, 0.29) is 30.0 Å². The number of carbonyl (C=O) groups excluding carboxylic acids is 1. The molecule has 1 fully saturated rings. The summed E-state index contributed by atoms with van der Waals surface area (Å²) < 4.78 is 1.21. The monoisotopic (exact) mass is 301 g/mol. The summed E-state index contributed by atoms with van der Waals surface area (Å²) >= 11 is 0. The summed E-state index contributed by atoms with van der Waals surface area (Å²) in [5, 5.41) is 6.14. The molecule has 1 amide bonds. The van der Waals surface area contributed by atoms with Crippen LogP contribution in [0.3, 0.4) is 0 Å². The van der Waals surface area contributed by atoms with Crippen LogP contribution >= 0.6 is 0 Å². The van der Waals surface area contributed by atoms with Gasteiger partial charge in [-0.2, -0.15) is 0 Å². The van der Waals surface area contributed by atoms with Gasteiger partial charge >= 0.3 is 0 Å². The van der Waals surface area contributed by atoms with Crippen molar-refractivity contribution in [2.75, 3.05) is 6.54 Å². The Morgan fingerprint density at radius 1 is 1.32 bits per heavy atom. The van der Waals surface area contributed by atoms with E-state index in [1.807, 2.05) is 0 Å². The number of aryl methyl sites for hydroxylation is 1. The maximum Gasteiger partial charge on any atom is 0.273 e. The summed E-state index contributed by atoms with van der Waals surface area (Å²) in [7, 11) is 0. The Bertz CT molecular complexity index is 821.